The lowest BCUT2D eigenvalue weighted by Gasteiger charge is -2.33. The van der Waals surface area contributed by atoms with Crippen molar-refractivity contribution in [2.24, 2.45) is 5.41 Å². The summed E-state index contributed by atoms with van der Waals surface area (Å²) >= 11 is 0. The van der Waals surface area contributed by atoms with Crippen LogP contribution in [0.3, 0.4) is 0 Å². The molecule has 0 aliphatic carbocycles. The van der Waals surface area contributed by atoms with E-state index in [-0.39, 0.29) is 11.3 Å². The molecule has 1 aromatic carbocycles. The van der Waals surface area contributed by atoms with Gasteiger partial charge in [0.1, 0.15) is 0 Å². The Morgan fingerprint density at radius 3 is 2.95 bits per heavy atom. The first-order valence-corrected chi connectivity index (χ1v) is 7.84. The van der Waals surface area contributed by atoms with E-state index in [0.717, 1.165) is 39.1 Å². The number of para-hydroxylation sites is 1. The van der Waals surface area contributed by atoms with E-state index >= 15 is 0 Å². The lowest BCUT2D eigenvalue weighted by Crippen LogP contribution is -2.39. The summed E-state index contributed by atoms with van der Waals surface area (Å²) < 4.78 is 5.40. The fourth-order valence-corrected chi connectivity index (χ4v) is 3.19. The number of nitrogens with one attached hydrogen (secondary N) is 2. The van der Waals surface area contributed by atoms with Gasteiger partial charge in [-0.15, -0.1) is 0 Å². The summed E-state index contributed by atoms with van der Waals surface area (Å²) in [5.74, 6) is 0.454. The van der Waals surface area contributed by atoms with Crippen molar-refractivity contribution < 1.29 is 9.53 Å². The lowest BCUT2D eigenvalue weighted by atomic mass is 9.82. The Labute approximate surface area is 126 Å². The molecule has 21 heavy (non-hydrogen) atoms. The zero-order chi connectivity index (χ0) is 14.7. The topological polar surface area (TPSA) is 50.4 Å². The summed E-state index contributed by atoms with van der Waals surface area (Å²) in [4.78, 5) is 12.2. The number of hydrogen-bond donors (Lipinski definition) is 2. The Morgan fingerprint density at radius 1 is 1.38 bits per heavy atom. The molecule has 1 unspecified atom stereocenters. The van der Waals surface area contributed by atoms with Crippen molar-refractivity contribution in [3.05, 3.63) is 29.8 Å². The quantitative estimate of drug-likeness (QED) is 0.895. The largest absolute Gasteiger partial charge is 0.384 e. The highest BCUT2D eigenvalue weighted by molar-refractivity contribution is 5.78. The van der Waals surface area contributed by atoms with Gasteiger partial charge in [0.15, 0.2) is 0 Å². The van der Waals surface area contributed by atoms with Crippen LogP contribution in [0.15, 0.2) is 24.3 Å². The van der Waals surface area contributed by atoms with Gasteiger partial charge in [0, 0.05) is 44.3 Å². The molecule has 1 saturated heterocycles. The molecule has 2 N–H and O–H groups in total. The highest BCUT2D eigenvalue weighted by Crippen LogP contribution is 2.33. The number of ether oxygens (including phenoxy) is 1. The maximum Gasteiger partial charge on any atom is 0.220 e. The minimum Gasteiger partial charge on any atom is -0.384 e. The highest BCUT2D eigenvalue weighted by atomic mass is 16.5. The average Bonchev–Trinajstić information content (AvgIpc) is 2.90. The van der Waals surface area contributed by atoms with Gasteiger partial charge in [-0.1, -0.05) is 25.1 Å². The summed E-state index contributed by atoms with van der Waals surface area (Å²) in [5, 5.41) is 6.50. The van der Waals surface area contributed by atoms with Crippen LogP contribution in [0.2, 0.25) is 0 Å². The second kappa shape index (κ2) is 6.06. The van der Waals surface area contributed by atoms with Crippen LogP contribution in [0.4, 0.5) is 5.69 Å². The highest BCUT2D eigenvalue weighted by Gasteiger charge is 2.29. The fourth-order valence-electron chi connectivity index (χ4n) is 3.19. The maximum atomic E-state index is 12.2. The van der Waals surface area contributed by atoms with Gasteiger partial charge < -0.3 is 15.4 Å². The lowest BCUT2D eigenvalue weighted by molar-refractivity contribution is -0.122. The van der Waals surface area contributed by atoms with Gasteiger partial charge in [-0.05, 0) is 29.9 Å². The molecule has 114 valence electrons. The van der Waals surface area contributed by atoms with Crippen LogP contribution in [0, 0.1) is 5.41 Å². The smallest absolute Gasteiger partial charge is 0.220 e. The molecule has 2 aliphatic rings. The van der Waals surface area contributed by atoms with Crippen molar-refractivity contribution in [3.8, 4) is 0 Å². The van der Waals surface area contributed by atoms with E-state index in [1.807, 2.05) is 12.1 Å². The SMILES string of the molecule is CC1(CNC(=O)CC2CNc3ccccc32)CCOCC1. The van der Waals surface area contributed by atoms with Crippen LogP contribution >= 0.6 is 0 Å². The minimum absolute atomic E-state index is 0.159. The maximum absolute atomic E-state index is 12.2. The molecule has 1 atom stereocenters. The second-order valence-corrected chi connectivity index (χ2v) is 6.57. The number of anilines is 1. The average molecular weight is 288 g/mol. The predicted octanol–water partition coefficient (Wildman–Crippen LogP) is 2.52. The number of hydrogen-bond acceptors (Lipinski definition) is 3. The molecule has 2 heterocycles. The van der Waals surface area contributed by atoms with Crippen LogP contribution in [0.5, 0.6) is 0 Å². The molecule has 4 nitrogen and oxygen atoms in total. The van der Waals surface area contributed by atoms with E-state index in [4.69, 9.17) is 4.74 Å². The Balaban J connectivity index is 1.51. The predicted molar refractivity (Wildman–Crippen MR) is 83.5 cm³/mol. The Morgan fingerprint density at radius 2 is 2.14 bits per heavy atom. The van der Waals surface area contributed by atoms with Crippen LogP contribution in [0.1, 0.15) is 37.7 Å². The molecule has 0 bridgehead atoms. The van der Waals surface area contributed by atoms with E-state index in [0.29, 0.717) is 12.3 Å². The van der Waals surface area contributed by atoms with Gasteiger partial charge in [0.05, 0.1) is 0 Å². The van der Waals surface area contributed by atoms with Gasteiger partial charge in [-0.2, -0.15) is 0 Å². The van der Waals surface area contributed by atoms with E-state index in [2.05, 4.69) is 29.7 Å². The Bertz CT molecular complexity index is 509. The summed E-state index contributed by atoms with van der Waals surface area (Å²) in [6.45, 7) is 5.48. The van der Waals surface area contributed by atoms with Crippen molar-refractivity contribution in [3.63, 3.8) is 0 Å². The monoisotopic (exact) mass is 288 g/mol. The van der Waals surface area contributed by atoms with Crippen LogP contribution in [-0.2, 0) is 9.53 Å². The van der Waals surface area contributed by atoms with Crippen molar-refractivity contribution in [1.82, 2.24) is 5.32 Å². The summed E-state index contributed by atoms with van der Waals surface area (Å²) in [6, 6.07) is 8.27. The molecule has 0 spiro atoms. The van der Waals surface area contributed by atoms with Crippen molar-refractivity contribution in [2.75, 3.05) is 31.6 Å². The van der Waals surface area contributed by atoms with E-state index in [9.17, 15) is 4.79 Å². The van der Waals surface area contributed by atoms with Gasteiger partial charge >= 0.3 is 0 Å². The van der Waals surface area contributed by atoms with Gasteiger partial charge in [0.25, 0.3) is 0 Å². The third-order valence-electron chi connectivity index (χ3n) is 4.78. The van der Waals surface area contributed by atoms with Crippen LogP contribution in [0.25, 0.3) is 0 Å². The van der Waals surface area contributed by atoms with E-state index in [1.165, 1.54) is 11.3 Å². The van der Waals surface area contributed by atoms with Crippen molar-refractivity contribution >= 4 is 11.6 Å². The first-order chi connectivity index (χ1) is 10.2. The van der Waals surface area contributed by atoms with Gasteiger partial charge in [0.2, 0.25) is 5.91 Å². The van der Waals surface area contributed by atoms with Crippen molar-refractivity contribution in [2.45, 2.75) is 32.1 Å². The number of carbonyl (C=O) groups is 1. The minimum atomic E-state index is 0.159. The van der Waals surface area contributed by atoms with Gasteiger partial charge in [-0.3, -0.25) is 4.79 Å². The zero-order valence-electron chi connectivity index (χ0n) is 12.7. The molecule has 1 aromatic rings. The first-order valence-electron chi connectivity index (χ1n) is 7.84. The second-order valence-electron chi connectivity index (χ2n) is 6.57. The molecule has 4 heteroatoms. The third-order valence-corrected chi connectivity index (χ3v) is 4.78. The van der Waals surface area contributed by atoms with Crippen LogP contribution < -0.4 is 10.6 Å². The number of rotatable bonds is 4. The number of fused-ring (bicyclic) bond motifs is 1. The summed E-state index contributed by atoms with van der Waals surface area (Å²) in [5.41, 5.74) is 2.64. The van der Waals surface area contributed by atoms with E-state index in [1.54, 1.807) is 0 Å². The summed E-state index contributed by atoms with van der Waals surface area (Å²) in [6.07, 6.45) is 2.62. The fraction of sp³-hybridized carbons (Fsp3) is 0.588. The zero-order valence-corrected chi connectivity index (χ0v) is 12.7. The molecule has 1 amide bonds. The molecule has 2 aliphatic heterocycles. The number of amides is 1. The number of benzene rings is 1. The Kier molecular flexibility index (Phi) is 4.15. The molecule has 0 saturated carbocycles. The summed E-state index contributed by atoms with van der Waals surface area (Å²) in [7, 11) is 0. The number of carbonyl (C=O) groups excluding carboxylic acids is 1. The molecule has 1 fully saturated rings. The molecular formula is C17H24N2O2. The molecule has 3 rings (SSSR count). The standard InChI is InChI=1S/C17H24N2O2/c1-17(6-8-21-9-7-17)12-19-16(20)10-13-11-18-15-5-3-2-4-14(13)15/h2-5,13,18H,6-12H2,1H3,(H,19,20). The molecule has 0 radical (unpaired) electrons. The Hall–Kier alpha value is -1.55. The van der Waals surface area contributed by atoms with Crippen molar-refractivity contribution in [1.29, 1.82) is 0 Å². The molecular weight excluding hydrogens is 264 g/mol. The third kappa shape index (κ3) is 3.38. The van der Waals surface area contributed by atoms with Gasteiger partial charge in [-0.25, -0.2) is 0 Å². The first kappa shape index (κ1) is 14.4. The van der Waals surface area contributed by atoms with Crippen LogP contribution in [-0.4, -0.2) is 32.2 Å². The normalized spacial score (nSPS) is 23.2. The van der Waals surface area contributed by atoms with E-state index < -0.39 is 0 Å². The molecule has 0 aromatic heterocycles.